The van der Waals surface area contributed by atoms with Gasteiger partial charge in [0, 0.05) is 10.9 Å². The third-order valence-corrected chi connectivity index (χ3v) is 3.63. The van der Waals surface area contributed by atoms with E-state index < -0.39 is 5.54 Å². The minimum Gasteiger partial charge on any atom is -0.368 e. The molecule has 5 heteroatoms. The number of halogens is 1. The molecule has 0 bridgehead atoms. The SMILES string of the molecule is CC(NC(C)(C)C(N)=O)c1ccc(Cl)s1. The first-order valence-corrected chi connectivity index (χ1v) is 5.85. The first-order chi connectivity index (χ1) is 6.83. The first-order valence-electron chi connectivity index (χ1n) is 4.66. The molecule has 1 heterocycles. The van der Waals surface area contributed by atoms with Crippen LogP contribution < -0.4 is 11.1 Å². The van der Waals surface area contributed by atoms with Crippen LogP contribution in [0, 0.1) is 0 Å². The zero-order valence-corrected chi connectivity index (χ0v) is 10.6. The summed E-state index contributed by atoms with van der Waals surface area (Å²) in [6, 6.07) is 3.85. The van der Waals surface area contributed by atoms with Crippen molar-refractivity contribution in [2.75, 3.05) is 0 Å². The number of amides is 1. The summed E-state index contributed by atoms with van der Waals surface area (Å²) >= 11 is 7.34. The summed E-state index contributed by atoms with van der Waals surface area (Å²) in [7, 11) is 0. The minimum atomic E-state index is -0.712. The highest BCUT2D eigenvalue weighted by Gasteiger charge is 2.27. The number of carbonyl (C=O) groups excluding carboxylic acids is 1. The van der Waals surface area contributed by atoms with Gasteiger partial charge in [-0.15, -0.1) is 11.3 Å². The van der Waals surface area contributed by atoms with Gasteiger partial charge in [0.15, 0.2) is 0 Å². The summed E-state index contributed by atoms with van der Waals surface area (Å²) in [5.41, 5.74) is 4.57. The van der Waals surface area contributed by atoms with Gasteiger partial charge in [0.2, 0.25) is 5.91 Å². The van der Waals surface area contributed by atoms with Crippen LogP contribution >= 0.6 is 22.9 Å². The van der Waals surface area contributed by atoms with Crippen molar-refractivity contribution in [3.8, 4) is 0 Å². The molecule has 15 heavy (non-hydrogen) atoms. The van der Waals surface area contributed by atoms with E-state index in [1.165, 1.54) is 11.3 Å². The second kappa shape index (κ2) is 4.51. The number of hydrogen-bond donors (Lipinski definition) is 2. The Kier molecular flexibility index (Phi) is 3.76. The first kappa shape index (κ1) is 12.5. The van der Waals surface area contributed by atoms with Gasteiger partial charge in [0.25, 0.3) is 0 Å². The summed E-state index contributed by atoms with van der Waals surface area (Å²) in [6.45, 7) is 5.51. The summed E-state index contributed by atoms with van der Waals surface area (Å²) in [5, 5.41) is 3.16. The van der Waals surface area contributed by atoms with E-state index in [1.807, 2.05) is 19.1 Å². The van der Waals surface area contributed by atoms with Crippen LogP contribution in [0.4, 0.5) is 0 Å². The monoisotopic (exact) mass is 246 g/mol. The van der Waals surface area contributed by atoms with E-state index in [0.29, 0.717) is 0 Å². The molecule has 0 aliphatic carbocycles. The molecule has 3 nitrogen and oxygen atoms in total. The predicted molar refractivity (Wildman–Crippen MR) is 64.2 cm³/mol. The molecule has 3 N–H and O–H groups in total. The van der Waals surface area contributed by atoms with Crippen molar-refractivity contribution in [3.05, 3.63) is 21.3 Å². The largest absolute Gasteiger partial charge is 0.368 e. The van der Waals surface area contributed by atoms with Crippen LogP contribution in [0.3, 0.4) is 0 Å². The van der Waals surface area contributed by atoms with E-state index in [1.54, 1.807) is 13.8 Å². The number of primary amides is 1. The number of thiophene rings is 1. The summed E-state index contributed by atoms with van der Waals surface area (Å²) < 4.78 is 0.746. The van der Waals surface area contributed by atoms with E-state index >= 15 is 0 Å². The van der Waals surface area contributed by atoms with Crippen molar-refractivity contribution in [1.29, 1.82) is 0 Å². The highest BCUT2D eigenvalue weighted by Crippen LogP contribution is 2.27. The Hall–Kier alpha value is -0.580. The number of hydrogen-bond acceptors (Lipinski definition) is 3. The summed E-state index contributed by atoms with van der Waals surface area (Å²) in [4.78, 5) is 12.2. The Morgan fingerprint density at radius 2 is 2.20 bits per heavy atom. The predicted octanol–water partition coefficient (Wildman–Crippen LogP) is 2.32. The molecule has 1 aromatic rings. The number of carbonyl (C=O) groups is 1. The fourth-order valence-electron chi connectivity index (χ4n) is 1.24. The third kappa shape index (κ3) is 3.19. The molecule has 0 radical (unpaired) electrons. The van der Waals surface area contributed by atoms with Gasteiger partial charge >= 0.3 is 0 Å². The highest BCUT2D eigenvalue weighted by molar-refractivity contribution is 7.16. The lowest BCUT2D eigenvalue weighted by molar-refractivity contribution is -0.123. The van der Waals surface area contributed by atoms with E-state index in [0.717, 1.165) is 9.21 Å². The molecule has 1 atom stereocenters. The number of rotatable bonds is 4. The normalized spacial score (nSPS) is 13.9. The Labute approximate surface area is 98.6 Å². The van der Waals surface area contributed by atoms with E-state index in [4.69, 9.17) is 17.3 Å². The van der Waals surface area contributed by atoms with Crippen molar-refractivity contribution in [1.82, 2.24) is 5.32 Å². The maximum Gasteiger partial charge on any atom is 0.237 e. The molecule has 1 unspecified atom stereocenters. The van der Waals surface area contributed by atoms with Crippen LogP contribution in [-0.4, -0.2) is 11.4 Å². The lowest BCUT2D eigenvalue weighted by Crippen LogP contribution is -2.51. The number of nitrogens with two attached hydrogens (primary N) is 1. The van der Waals surface area contributed by atoms with Crippen LogP contribution in [0.1, 0.15) is 31.7 Å². The van der Waals surface area contributed by atoms with Crippen molar-refractivity contribution in [3.63, 3.8) is 0 Å². The van der Waals surface area contributed by atoms with Crippen LogP contribution in [0.15, 0.2) is 12.1 Å². The topological polar surface area (TPSA) is 55.1 Å². The average molecular weight is 247 g/mol. The fraction of sp³-hybridized carbons (Fsp3) is 0.500. The van der Waals surface area contributed by atoms with Gasteiger partial charge in [-0.25, -0.2) is 0 Å². The zero-order valence-electron chi connectivity index (χ0n) is 9.00. The van der Waals surface area contributed by atoms with Gasteiger partial charge in [0.1, 0.15) is 0 Å². The van der Waals surface area contributed by atoms with Gasteiger partial charge < -0.3 is 5.73 Å². The van der Waals surface area contributed by atoms with Crippen LogP contribution in [-0.2, 0) is 4.79 Å². The smallest absolute Gasteiger partial charge is 0.237 e. The molecule has 0 spiro atoms. The minimum absolute atomic E-state index is 0.0602. The Bertz CT molecular complexity index is 362. The Balaban J connectivity index is 2.71. The quantitative estimate of drug-likeness (QED) is 0.857. The molecular weight excluding hydrogens is 232 g/mol. The molecule has 0 saturated heterocycles. The van der Waals surface area contributed by atoms with Crippen molar-refractivity contribution >= 4 is 28.8 Å². The summed E-state index contributed by atoms with van der Waals surface area (Å²) in [6.07, 6.45) is 0. The third-order valence-electron chi connectivity index (χ3n) is 2.21. The van der Waals surface area contributed by atoms with Crippen LogP contribution in [0.2, 0.25) is 4.34 Å². The maximum absolute atomic E-state index is 11.1. The van der Waals surface area contributed by atoms with Gasteiger partial charge in [-0.3, -0.25) is 10.1 Å². The van der Waals surface area contributed by atoms with E-state index in [9.17, 15) is 4.79 Å². The van der Waals surface area contributed by atoms with Gasteiger partial charge in [-0.2, -0.15) is 0 Å². The maximum atomic E-state index is 11.1. The molecule has 1 rings (SSSR count). The van der Waals surface area contributed by atoms with E-state index in [2.05, 4.69) is 5.32 Å². The van der Waals surface area contributed by atoms with E-state index in [-0.39, 0.29) is 11.9 Å². The fourth-order valence-corrected chi connectivity index (χ4v) is 2.31. The summed E-state index contributed by atoms with van der Waals surface area (Å²) in [5.74, 6) is -0.364. The molecule has 1 amide bonds. The Morgan fingerprint density at radius 3 is 2.60 bits per heavy atom. The zero-order chi connectivity index (χ0) is 11.6. The molecule has 84 valence electrons. The molecule has 1 aromatic heterocycles. The van der Waals surface area contributed by atoms with Crippen molar-refractivity contribution in [2.45, 2.75) is 32.4 Å². The lowest BCUT2D eigenvalue weighted by Gasteiger charge is -2.26. The van der Waals surface area contributed by atoms with Crippen LogP contribution in [0.5, 0.6) is 0 Å². The average Bonchev–Trinajstić information content (AvgIpc) is 2.50. The Morgan fingerprint density at radius 1 is 1.60 bits per heavy atom. The standard InChI is InChI=1S/C10H15ClN2OS/c1-6(7-4-5-8(11)15-7)13-10(2,3)9(12)14/h4-6,13H,1-3H3,(H2,12,14). The van der Waals surface area contributed by atoms with Gasteiger partial charge in [0.05, 0.1) is 9.88 Å². The second-order valence-electron chi connectivity index (χ2n) is 4.00. The molecule has 0 saturated carbocycles. The lowest BCUT2D eigenvalue weighted by atomic mass is 10.0. The molecule has 0 fully saturated rings. The molecular formula is C10H15ClN2OS. The second-order valence-corrected chi connectivity index (χ2v) is 5.74. The number of nitrogens with one attached hydrogen (secondary N) is 1. The van der Waals surface area contributed by atoms with Crippen molar-refractivity contribution in [2.24, 2.45) is 5.73 Å². The van der Waals surface area contributed by atoms with Crippen molar-refractivity contribution < 1.29 is 4.79 Å². The van der Waals surface area contributed by atoms with Gasteiger partial charge in [-0.1, -0.05) is 11.6 Å². The van der Waals surface area contributed by atoms with Gasteiger partial charge in [-0.05, 0) is 32.9 Å². The molecule has 0 aromatic carbocycles. The molecule has 0 aliphatic heterocycles. The molecule has 0 aliphatic rings. The highest BCUT2D eigenvalue weighted by atomic mass is 35.5. The van der Waals surface area contributed by atoms with Crippen LogP contribution in [0.25, 0.3) is 0 Å².